The Morgan fingerprint density at radius 2 is 1.71 bits per heavy atom. The molecule has 0 saturated heterocycles. The van der Waals surface area contributed by atoms with Crippen molar-refractivity contribution < 1.29 is 4.74 Å². The molecule has 0 aliphatic carbocycles. The molecule has 0 amide bonds. The van der Waals surface area contributed by atoms with E-state index in [0.717, 1.165) is 28.1 Å². The molecule has 0 saturated carbocycles. The number of benzene rings is 3. The summed E-state index contributed by atoms with van der Waals surface area (Å²) in [5, 5.41) is 8.69. The molecule has 1 N–H and O–H groups in total. The van der Waals surface area contributed by atoms with Gasteiger partial charge in [-0.05, 0) is 59.7 Å². The summed E-state index contributed by atoms with van der Waals surface area (Å²) in [7, 11) is 0. The van der Waals surface area contributed by atoms with E-state index < -0.39 is 0 Å². The smallest absolute Gasteiger partial charge is 0.203 e. The van der Waals surface area contributed by atoms with E-state index in [1.165, 1.54) is 11.3 Å². The van der Waals surface area contributed by atoms with Crippen molar-refractivity contribution in [2.24, 2.45) is 5.10 Å². The van der Waals surface area contributed by atoms with E-state index in [4.69, 9.17) is 39.5 Å². The first-order chi connectivity index (χ1) is 15.1. The van der Waals surface area contributed by atoms with Crippen LogP contribution in [0.2, 0.25) is 15.1 Å². The Kier molecular flexibility index (Phi) is 7.10. The molecule has 0 spiro atoms. The molecule has 1 heterocycles. The van der Waals surface area contributed by atoms with Gasteiger partial charge in [-0.15, -0.1) is 11.3 Å². The van der Waals surface area contributed by atoms with Crippen LogP contribution in [0.5, 0.6) is 5.75 Å². The monoisotopic (exact) mass is 487 g/mol. The summed E-state index contributed by atoms with van der Waals surface area (Å²) >= 11 is 19.4. The van der Waals surface area contributed by atoms with Gasteiger partial charge in [0.25, 0.3) is 0 Å². The first-order valence-electron chi connectivity index (χ1n) is 9.24. The standard InChI is InChI=1S/C23H16Cl3N3OS/c24-18-6-4-17(5-7-18)22-14-31-23(28-22)29-27-12-15-1-8-19(9-2-15)30-13-16-3-10-20(25)21(26)11-16/h1-12,14H,13H2,(H,28,29)/b27-12-. The van der Waals surface area contributed by atoms with Crippen molar-refractivity contribution in [2.45, 2.75) is 6.61 Å². The third kappa shape index (κ3) is 5.99. The van der Waals surface area contributed by atoms with Gasteiger partial charge in [0, 0.05) is 16.0 Å². The van der Waals surface area contributed by atoms with Gasteiger partial charge in [-0.3, -0.25) is 5.43 Å². The lowest BCUT2D eigenvalue weighted by Crippen LogP contribution is -1.96. The van der Waals surface area contributed by atoms with E-state index >= 15 is 0 Å². The molecule has 31 heavy (non-hydrogen) atoms. The fraction of sp³-hybridized carbons (Fsp3) is 0.0435. The zero-order valence-electron chi connectivity index (χ0n) is 16.1. The van der Waals surface area contributed by atoms with Crippen molar-refractivity contribution in [1.29, 1.82) is 0 Å². The van der Waals surface area contributed by atoms with Crippen molar-refractivity contribution in [2.75, 3.05) is 5.43 Å². The van der Waals surface area contributed by atoms with E-state index in [1.54, 1.807) is 18.3 Å². The molecule has 156 valence electrons. The van der Waals surface area contributed by atoms with Gasteiger partial charge in [-0.25, -0.2) is 4.98 Å². The number of halogens is 3. The maximum Gasteiger partial charge on any atom is 0.203 e. The fourth-order valence-electron chi connectivity index (χ4n) is 2.69. The van der Waals surface area contributed by atoms with Gasteiger partial charge < -0.3 is 4.74 Å². The Bertz CT molecular complexity index is 1190. The predicted octanol–water partition coefficient (Wildman–Crippen LogP) is 7.80. The molecule has 0 bridgehead atoms. The number of nitrogens with zero attached hydrogens (tertiary/aromatic N) is 2. The molecule has 8 heteroatoms. The Labute approximate surface area is 199 Å². The lowest BCUT2D eigenvalue weighted by Gasteiger charge is -2.07. The summed E-state index contributed by atoms with van der Waals surface area (Å²) in [6.07, 6.45) is 1.73. The van der Waals surface area contributed by atoms with Crippen LogP contribution in [0.15, 0.2) is 77.2 Å². The SMILES string of the molecule is Clc1ccc(-c2csc(N/N=C\c3ccc(OCc4ccc(Cl)c(Cl)c4)cc3)n2)cc1. The number of aromatic nitrogens is 1. The Morgan fingerprint density at radius 1 is 0.935 bits per heavy atom. The van der Waals surface area contributed by atoms with E-state index in [9.17, 15) is 0 Å². The van der Waals surface area contributed by atoms with Crippen LogP contribution in [0.3, 0.4) is 0 Å². The molecule has 1 aromatic heterocycles. The minimum absolute atomic E-state index is 0.409. The second-order valence-corrected chi connectivity index (χ2v) is 8.63. The average molecular weight is 489 g/mol. The van der Waals surface area contributed by atoms with Gasteiger partial charge in [0.05, 0.1) is 22.0 Å². The molecule has 0 aliphatic rings. The molecular formula is C23H16Cl3N3OS. The summed E-state index contributed by atoms with van der Waals surface area (Å²) in [6.45, 7) is 0.409. The minimum Gasteiger partial charge on any atom is -0.489 e. The molecule has 0 aliphatic heterocycles. The summed E-state index contributed by atoms with van der Waals surface area (Å²) in [6, 6.07) is 20.7. The highest BCUT2D eigenvalue weighted by Crippen LogP contribution is 2.26. The van der Waals surface area contributed by atoms with E-state index in [1.807, 2.05) is 60.0 Å². The van der Waals surface area contributed by atoms with E-state index in [2.05, 4.69) is 15.5 Å². The summed E-state index contributed by atoms with van der Waals surface area (Å²) in [4.78, 5) is 4.53. The lowest BCUT2D eigenvalue weighted by molar-refractivity contribution is 0.306. The molecule has 0 atom stereocenters. The van der Waals surface area contributed by atoms with Crippen LogP contribution in [-0.2, 0) is 6.61 Å². The van der Waals surface area contributed by atoms with Crippen molar-refractivity contribution in [3.8, 4) is 17.0 Å². The van der Waals surface area contributed by atoms with Crippen LogP contribution in [-0.4, -0.2) is 11.2 Å². The number of rotatable bonds is 7. The van der Waals surface area contributed by atoms with Crippen LogP contribution >= 0.6 is 46.1 Å². The highest BCUT2D eigenvalue weighted by atomic mass is 35.5. The van der Waals surface area contributed by atoms with Crippen LogP contribution in [0, 0.1) is 0 Å². The molecule has 0 unspecified atom stereocenters. The lowest BCUT2D eigenvalue weighted by atomic mass is 10.2. The maximum absolute atomic E-state index is 6.03. The summed E-state index contributed by atoms with van der Waals surface area (Å²) in [5.41, 5.74) is 6.73. The predicted molar refractivity (Wildman–Crippen MR) is 131 cm³/mol. The first kappa shape index (κ1) is 21.7. The number of hydrogen-bond donors (Lipinski definition) is 1. The topological polar surface area (TPSA) is 46.5 Å². The number of hydrazone groups is 1. The highest BCUT2D eigenvalue weighted by molar-refractivity contribution is 7.14. The third-order valence-corrected chi connectivity index (χ3v) is 6.03. The summed E-state index contributed by atoms with van der Waals surface area (Å²) in [5.74, 6) is 0.753. The molecule has 4 rings (SSSR count). The maximum atomic E-state index is 6.03. The van der Waals surface area contributed by atoms with Gasteiger partial charge in [0.1, 0.15) is 12.4 Å². The molecule has 0 fully saturated rings. The van der Waals surface area contributed by atoms with E-state index in [0.29, 0.717) is 26.8 Å². The number of anilines is 1. The van der Waals surface area contributed by atoms with Crippen LogP contribution in [0.25, 0.3) is 11.3 Å². The van der Waals surface area contributed by atoms with Gasteiger partial charge in [-0.1, -0.05) is 53.0 Å². The largest absolute Gasteiger partial charge is 0.489 e. The molecule has 4 nitrogen and oxygen atoms in total. The first-order valence-corrected chi connectivity index (χ1v) is 11.3. The zero-order valence-corrected chi connectivity index (χ0v) is 19.1. The van der Waals surface area contributed by atoms with Crippen molar-refractivity contribution in [3.63, 3.8) is 0 Å². The van der Waals surface area contributed by atoms with Gasteiger partial charge in [0.15, 0.2) is 0 Å². The average Bonchev–Trinajstić information content (AvgIpc) is 3.25. The Balaban J connectivity index is 1.30. The van der Waals surface area contributed by atoms with Gasteiger partial charge in [-0.2, -0.15) is 5.10 Å². The minimum atomic E-state index is 0.409. The second kappa shape index (κ2) is 10.2. The molecular weight excluding hydrogens is 473 g/mol. The van der Waals surface area contributed by atoms with Crippen LogP contribution < -0.4 is 10.2 Å². The van der Waals surface area contributed by atoms with Crippen LogP contribution in [0.1, 0.15) is 11.1 Å². The molecule has 4 aromatic rings. The quantitative estimate of drug-likeness (QED) is 0.213. The van der Waals surface area contributed by atoms with Crippen molar-refractivity contribution >= 4 is 57.5 Å². The number of nitrogens with one attached hydrogen (secondary N) is 1. The van der Waals surface area contributed by atoms with Crippen molar-refractivity contribution in [3.05, 3.63) is 98.3 Å². The van der Waals surface area contributed by atoms with E-state index in [-0.39, 0.29) is 0 Å². The van der Waals surface area contributed by atoms with Gasteiger partial charge in [0.2, 0.25) is 5.13 Å². The Hall–Kier alpha value is -2.57. The fourth-order valence-corrected chi connectivity index (χ4v) is 3.80. The molecule has 3 aromatic carbocycles. The number of thiazole rings is 1. The third-order valence-electron chi connectivity index (χ3n) is 4.29. The number of ether oxygens (including phenoxy) is 1. The molecule has 0 radical (unpaired) electrons. The van der Waals surface area contributed by atoms with Crippen LogP contribution in [0.4, 0.5) is 5.13 Å². The van der Waals surface area contributed by atoms with Crippen molar-refractivity contribution in [1.82, 2.24) is 4.98 Å². The zero-order chi connectivity index (χ0) is 21.6. The Morgan fingerprint density at radius 3 is 2.45 bits per heavy atom. The summed E-state index contributed by atoms with van der Waals surface area (Å²) < 4.78 is 5.79. The number of hydrogen-bond acceptors (Lipinski definition) is 5. The normalized spacial score (nSPS) is 11.1. The second-order valence-electron chi connectivity index (χ2n) is 6.52. The highest BCUT2D eigenvalue weighted by Gasteiger charge is 2.04. The van der Waals surface area contributed by atoms with Gasteiger partial charge >= 0.3 is 0 Å².